The Morgan fingerprint density at radius 3 is 2.88 bits per heavy atom. The predicted molar refractivity (Wildman–Crippen MR) is 60.4 cm³/mol. The Balaban J connectivity index is 2.14. The first-order valence-corrected chi connectivity index (χ1v) is 5.52. The van der Waals surface area contributed by atoms with E-state index in [9.17, 15) is 4.79 Å². The van der Waals surface area contributed by atoms with Crippen molar-refractivity contribution in [3.63, 3.8) is 0 Å². The van der Waals surface area contributed by atoms with E-state index in [4.69, 9.17) is 4.74 Å². The average Bonchev–Trinajstić information content (AvgIpc) is 2.23. The predicted octanol–water partition coefficient (Wildman–Crippen LogP) is 1.33. The van der Waals surface area contributed by atoms with Gasteiger partial charge in [-0.1, -0.05) is 19.9 Å². The molecule has 1 aliphatic rings. The molecule has 86 valence electrons. The molecule has 0 atom stereocenters. The molecule has 0 radical (unpaired) electrons. The number of carbonyl (C=O) groups excluding carboxylic acids is 1. The summed E-state index contributed by atoms with van der Waals surface area (Å²) < 4.78 is 5.01. The zero-order chi connectivity index (χ0) is 11.5. The maximum Gasteiger partial charge on any atom is 0.270 e. The number of pyridine rings is 1. The quantitative estimate of drug-likeness (QED) is 0.836. The summed E-state index contributed by atoms with van der Waals surface area (Å²) in [5.41, 5.74) is 1.52. The van der Waals surface area contributed by atoms with Gasteiger partial charge in [-0.15, -0.1) is 0 Å². The molecule has 16 heavy (non-hydrogen) atoms. The minimum Gasteiger partial charge on any atom is -0.377 e. The molecule has 2 heterocycles. The summed E-state index contributed by atoms with van der Waals surface area (Å²) >= 11 is 0. The highest BCUT2D eigenvalue weighted by Gasteiger charge is 2.23. The molecule has 1 saturated heterocycles. The molecule has 2 rings (SSSR count). The van der Waals surface area contributed by atoms with Crippen LogP contribution in [0.5, 0.6) is 0 Å². The van der Waals surface area contributed by atoms with E-state index in [0.29, 0.717) is 24.8 Å². The van der Waals surface area contributed by atoms with Gasteiger partial charge in [0.15, 0.2) is 0 Å². The molecule has 1 aliphatic heterocycles. The fourth-order valence-electron chi connectivity index (χ4n) is 1.65. The molecule has 4 heteroatoms. The standard InChI is InChI=1S/C12H16N2O2/c1-8(2)10-4-3-5-13-11(10)12(15)14-9-6-16-7-9/h3-5,8-9H,6-7H2,1-2H3,(H,14,15). The lowest BCUT2D eigenvalue weighted by molar-refractivity contribution is -0.00357. The summed E-state index contributed by atoms with van der Waals surface area (Å²) in [6.07, 6.45) is 1.65. The number of rotatable bonds is 3. The van der Waals surface area contributed by atoms with Crippen LogP contribution >= 0.6 is 0 Å². The van der Waals surface area contributed by atoms with Crippen LogP contribution in [0.1, 0.15) is 35.8 Å². The lowest BCUT2D eigenvalue weighted by atomic mass is 10.0. The maximum absolute atomic E-state index is 11.9. The van der Waals surface area contributed by atoms with Crippen molar-refractivity contribution in [2.75, 3.05) is 13.2 Å². The molecule has 0 saturated carbocycles. The molecule has 1 amide bonds. The van der Waals surface area contributed by atoms with Crippen LogP contribution in [-0.4, -0.2) is 30.1 Å². The van der Waals surface area contributed by atoms with Crippen LogP contribution in [-0.2, 0) is 4.74 Å². The SMILES string of the molecule is CC(C)c1cccnc1C(=O)NC1COC1. The smallest absolute Gasteiger partial charge is 0.270 e. The van der Waals surface area contributed by atoms with Gasteiger partial charge < -0.3 is 10.1 Å². The average molecular weight is 220 g/mol. The molecule has 1 aromatic rings. The van der Waals surface area contributed by atoms with Crippen molar-refractivity contribution in [1.82, 2.24) is 10.3 Å². The maximum atomic E-state index is 11.9. The molecule has 1 N–H and O–H groups in total. The first kappa shape index (κ1) is 11.1. The zero-order valence-electron chi connectivity index (χ0n) is 9.56. The first-order chi connectivity index (χ1) is 7.68. The van der Waals surface area contributed by atoms with Gasteiger partial charge in [0.2, 0.25) is 0 Å². The van der Waals surface area contributed by atoms with Gasteiger partial charge in [-0.25, -0.2) is 0 Å². The lowest BCUT2D eigenvalue weighted by Gasteiger charge is -2.27. The highest BCUT2D eigenvalue weighted by molar-refractivity contribution is 5.94. The van der Waals surface area contributed by atoms with Gasteiger partial charge in [-0.05, 0) is 17.5 Å². The minimum atomic E-state index is -0.0994. The number of hydrogen-bond acceptors (Lipinski definition) is 3. The van der Waals surface area contributed by atoms with Crippen molar-refractivity contribution in [2.24, 2.45) is 0 Å². The summed E-state index contributed by atoms with van der Waals surface area (Å²) in [7, 11) is 0. The molecule has 4 nitrogen and oxygen atoms in total. The number of aromatic nitrogens is 1. The molecule has 0 bridgehead atoms. The van der Waals surface area contributed by atoms with Crippen LogP contribution < -0.4 is 5.32 Å². The first-order valence-electron chi connectivity index (χ1n) is 5.52. The molecule has 0 spiro atoms. The van der Waals surface area contributed by atoms with E-state index in [2.05, 4.69) is 24.1 Å². The third-order valence-electron chi connectivity index (χ3n) is 2.65. The normalized spacial score (nSPS) is 15.9. The molecular formula is C12H16N2O2. The van der Waals surface area contributed by atoms with E-state index in [1.54, 1.807) is 6.20 Å². The second-order valence-electron chi connectivity index (χ2n) is 4.30. The third kappa shape index (κ3) is 2.22. The number of nitrogens with zero attached hydrogens (tertiary/aromatic N) is 1. The highest BCUT2D eigenvalue weighted by atomic mass is 16.5. The molecule has 1 aromatic heterocycles. The third-order valence-corrected chi connectivity index (χ3v) is 2.65. The second-order valence-corrected chi connectivity index (χ2v) is 4.30. The van der Waals surface area contributed by atoms with Crippen LogP contribution in [0.15, 0.2) is 18.3 Å². The molecular weight excluding hydrogens is 204 g/mol. The summed E-state index contributed by atoms with van der Waals surface area (Å²) in [5, 5.41) is 2.90. The molecule has 0 unspecified atom stereocenters. The van der Waals surface area contributed by atoms with Gasteiger partial charge in [0.05, 0.1) is 19.3 Å². The van der Waals surface area contributed by atoms with Crippen molar-refractivity contribution in [1.29, 1.82) is 0 Å². The largest absolute Gasteiger partial charge is 0.377 e. The summed E-state index contributed by atoms with van der Waals surface area (Å²) in [5.74, 6) is 0.199. The topological polar surface area (TPSA) is 51.2 Å². The number of ether oxygens (including phenoxy) is 1. The minimum absolute atomic E-state index is 0.0994. The van der Waals surface area contributed by atoms with Crippen LogP contribution in [0, 0.1) is 0 Å². The zero-order valence-corrected chi connectivity index (χ0v) is 9.56. The molecule has 1 fully saturated rings. The highest BCUT2D eigenvalue weighted by Crippen LogP contribution is 2.17. The van der Waals surface area contributed by atoms with Crippen LogP contribution in [0.4, 0.5) is 0 Å². The van der Waals surface area contributed by atoms with Gasteiger partial charge in [-0.3, -0.25) is 9.78 Å². The van der Waals surface area contributed by atoms with Crippen molar-refractivity contribution >= 4 is 5.91 Å². The van der Waals surface area contributed by atoms with E-state index in [-0.39, 0.29) is 11.9 Å². The van der Waals surface area contributed by atoms with Gasteiger partial charge in [0.1, 0.15) is 5.69 Å². The fraction of sp³-hybridized carbons (Fsp3) is 0.500. The Hall–Kier alpha value is -1.42. The number of nitrogens with one attached hydrogen (secondary N) is 1. The van der Waals surface area contributed by atoms with Gasteiger partial charge in [-0.2, -0.15) is 0 Å². The van der Waals surface area contributed by atoms with Crippen molar-refractivity contribution in [2.45, 2.75) is 25.8 Å². The van der Waals surface area contributed by atoms with Crippen molar-refractivity contribution < 1.29 is 9.53 Å². The molecule has 0 aromatic carbocycles. The van der Waals surface area contributed by atoms with E-state index >= 15 is 0 Å². The van der Waals surface area contributed by atoms with Crippen LogP contribution in [0.3, 0.4) is 0 Å². The Kier molecular flexibility index (Phi) is 3.19. The fourth-order valence-corrected chi connectivity index (χ4v) is 1.65. The Bertz CT molecular complexity index is 386. The van der Waals surface area contributed by atoms with Gasteiger partial charge >= 0.3 is 0 Å². The molecule has 0 aliphatic carbocycles. The van der Waals surface area contributed by atoms with E-state index in [0.717, 1.165) is 5.56 Å². The summed E-state index contributed by atoms with van der Waals surface area (Å²) in [6.45, 7) is 5.33. The lowest BCUT2D eigenvalue weighted by Crippen LogP contribution is -2.48. The van der Waals surface area contributed by atoms with Crippen molar-refractivity contribution in [3.05, 3.63) is 29.6 Å². The Morgan fingerprint density at radius 1 is 1.56 bits per heavy atom. The van der Waals surface area contributed by atoms with E-state index < -0.39 is 0 Å². The summed E-state index contributed by atoms with van der Waals surface area (Å²) in [6, 6.07) is 3.96. The number of carbonyl (C=O) groups is 1. The van der Waals surface area contributed by atoms with Gasteiger partial charge in [0, 0.05) is 6.20 Å². The monoisotopic (exact) mass is 220 g/mol. The van der Waals surface area contributed by atoms with Crippen molar-refractivity contribution in [3.8, 4) is 0 Å². The summed E-state index contributed by atoms with van der Waals surface area (Å²) in [4.78, 5) is 16.1. The second kappa shape index (κ2) is 4.61. The van der Waals surface area contributed by atoms with Crippen LogP contribution in [0.25, 0.3) is 0 Å². The Morgan fingerprint density at radius 2 is 2.31 bits per heavy atom. The number of amides is 1. The number of hydrogen-bond donors (Lipinski definition) is 1. The van der Waals surface area contributed by atoms with E-state index in [1.165, 1.54) is 0 Å². The van der Waals surface area contributed by atoms with Crippen LogP contribution in [0.2, 0.25) is 0 Å². The van der Waals surface area contributed by atoms with Gasteiger partial charge in [0.25, 0.3) is 5.91 Å². The Labute approximate surface area is 95.0 Å². The van der Waals surface area contributed by atoms with E-state index in [1.807, 2.05) is 12.1 Å².